The van der Waals surface area contributed by atoms with Gasteiger partial charge in [-0.1, -0.05) is 128 Å². The molecule has 126 valence electrons. The zero-order valence-corrected chi connectivity index (χ0v) is 14.8. The van der Waals surface area contributed by atoms with Gasteiger partial charge in [0.15, 0.2) is 0 Å². The van der Waals surface area contributed by atoms with Gasteiger partial charge in [-0.2, -0.15) is 0 Å². The Hall–Kier alpha value is -3.38. The van der Waals surface area contributed by atoms with E-state index in [0.717, 1.165) is 5.57 Å². The Kier molecular flexibility index (Phi) is 6.17. The fraction of sp³-hybridized carbons (Fsp3) is 0. The Morgan fingerprint density at radius 3 is 0.962 bits per heavy atom. The third kappa shape index (κ3) is 4.81. The van der Waals surface area contributed by atoms with Crippen molar-refractivity contribution in [3.8, 4) is 11.1 Å². The van der Waals surface area contributed by atoms with Crippen LogP contribution in [-0.2, 0) is 0 Å². The van der Waals surface area contributed by atoms with Crippen LogP contribution >= 0.6 is 0 Å². The standard InChI is InChI=1S/C14H12.C12H10/c1-12(13-8-4-2-5-9-13)14-10-6-3-7-11-14;1-3-7-11(8-4-1)12-9-5-2-6-10-12/h2-11H,1H2;1-10H. The molecule has 0 N–H and O–H groups in total. The van der Waals surface area contributed by atoms with E-state index >= 15 is 0 Å². The number of benzene rings is 4. The summed E-state index contributed by atoms with van der Waals surface area (Å²) in [6, 6.07) is 41.3. The molecule has 4 aromatic carbocycles. The van der Waals surface area contributed by atoms with Crippen LogP contribution in [0, 0.1) is 0 Å². The number of hydrogen-bond donors (Lipinski definition) is 0. The van der Waals surface area contributed by atoms with Crippen molar-refractivity contribution in [2.45, 2.75) is 0 Å². The average Bonchev–Trinajstić information content (AvgIpc) is 2.76. The molecule has 0 amide bonds. The molecule has 0 saturated carbocycles. The fourth-order valence-electron chi connectivity index (χ4n) is 2.71. The highest BCUT2D eigenvalue weighted by molar-refractivity contribution is 5.77. The smallest absolute Gasteiger partial charge is 0.0183 e. The summed E-state index contributed by atoms with van der Waals surface area (Å²) in [7, 11) is 0. The van der Waals surface area contributed by atoms with Crippen LogP contribution < -0.4 is 0 Å². The Labute approximate surface area is 156 Å². The second-order valence-corrected chi connectivity index (χ2v) is 5.94. The lowest BCUT2D eigenvalue weighted by molar-refractivity contribution is 1.56. The SMILES string of the molecule is C=C(c1ccccc1)c1ccccc1.c1ccc(-c2ccccc2)cc1. The van der Waals surface area contributed by atoms with Gasteiger partial charge >= 0.3 is 0 Å². The van der Waals surface area contributed by atoms with E-state index in [2.05, 4.69) is 79.4 Å². The lowest BCUT2D eigenvalue weighted by Gasteiger charge is -2.04. The molecule has 0 unspecified atom stereocenters. The molecule has 0 fully saturated rings. The summed E-state index contributed by atoms with van der Waals surface area (Å²) in [5.74, 6) is 0. The summed E-state index contributed by atoms with van der Waals surface area (Å²) >= 11 is 0. The van der Waals surface area contributed by atoms with Crippen molar-refractivity contribution in [2.24, 2.45) is 0 Å². The van der Waals surface area contributed by atoms with E-state index in [4.69, 9.17) is 0 Å². The zero-order valence-electron chi connectivity index (χ0n) is 14.8. The van der Waals surface area contributed by atoms with Crippen LogP contribution in [0.1, 0.15) is 11.1 Å². The average molecular weight is 334 g/mol. The van der Waals surface area contributed by atoms with Gasteiger partial charge < -0.3 is 0 Å². The number of hydrogen-bond acceptors (Lipinski definition) is 0. The molecule has 0 aliphatic rings. The van der Waals surface area contributed by atoms with Gasteiger partial charge in [0, 0.05) is 0 Å². The highest BCUT2D eigenvalue weighted by Crippen LogP contribution is 2.20. The first-order chi connectivity index (χ1) is 12.8. The topological polar surface area (TPSA) is 0 Å². The van der Waals surface area contributed by atoms with Crippen LogP contribution in [0.2, 0.25) is 0 Å². The first kappa shape index (κ1) is 17.4. The van der Waals surface area contributed by atoms with E-state index in [1.165, 1.54) is 22.3 Å². The van der Waals surface area contributed by atoms with E-state index in [-0.39, 0.29) is 0 Å². The molecule has 0 nitrogen and oxygen atoms in total. The van der Waals surface area contributed by atoms with E-state index in [1.54, 1.807) is 0 Å². The molecular weight excluding hydrogens is 312 g/mol. The second-order valence-electron chi connectivity index (χ2n) is 5.94. The summed E-state index contributed by atoms with van der Waals surface area (Å²) in [5.41, 5.74) is 5.99. The van der Waals surface area contributed by atoms with Crippen LogP contribution in [-0.4, -0.2) is 0 Å². The van der Waals surface area contributed by atoms with Gasteiger partial charge in [0.2, 0.25) is 0 Å². The molecule has 0 spiro atoms. The lowest BCUT2D eigenvalue weighted by Crippen LogP contribution is -1.84. The van der Waals surface area contributed by atoms with Crippen molar-refractivity contribution in [1.29, 1.82) is 0 Å². The molecule has 0 aromatic heterocycles. The summed E-state index contributed by atoms with van der Waals surface area (Å²) in [4.78, 5) is 0. The Balaban J connectivity index is 0.000000152. The van der Waals surface area contributed by atoms with Gasteiger partial charge in [0.1, 0.15) is 0 Å². The predicted molar refractivity (Wildman–Crippen MR) is 113 cm³/mol. The third-order valence-corrected chi connectivity index (χ3v) is 4.13. The van der Waals surface area contributed by atoms with Crippen LogP contribution in [0.5, 0.6) is 0 Å². The molecule has 4 rings (SSSR count). The van der Waals surface area contributed by atoms with Gasteiger partial charge in [-0.3, -0.25) is 0 Å². The number of rotatable bonds is 3. The molecule has 0 aliphatic heterocycles. The fourth-order valence-corrected chi connectivity index (χ4v) is 2.71. The zero-order chi connectivity index (χ0) is 18.0. The molecule has 0 aliphatic carbocycles. The molecule has 4 aromatic rings. The maximum absolute atomic E-state index is 4.10. The van der Waals surface area contributed by atoms with Gasteiger partial charge in [-0.15, -0.1) is 0 Å². The van der Waals surface area contributed by atoms with Crippen molar-refractivity contribution in [2.75, 3.05) is 0 Å². The largest absolute Gasteiger partial charge is 0.0906 e. The lowest BCUT2D eigenvalue weighted by atomic mass is 10.0. The first-order valence-electron chi connectivity index (χ1n) is 8.75. The molecule has 0 atom stereocenters. The van der Waals surface area contributed by atoms with Crippen molar-refractivity contribution in [1.82, 2.24) is 0 Å². The molecule has 0 radical (unpaired) electrons. The third-order valence-electron chi connectivity index (χ3n) is 4.13. The van der Waals surface area contributed by atoms with E-state index in [9.17, 15) is 0 Å². The van der Waals surface area contributed by atoms with Crippen LogP contribution in [0.3, 0.4) is 0 Å². The summed E-state index contributed by atoms with van der Waals surface area (Å²) in [6.45, 7) is 4.10. The predicted octanol–water partition coefficient (Wildman–Crippen LogP) is 7.10. The van der Waals surface area contributed by atoms with Crippen LogP contribution in [0.4, 0.5) is 0 Å². The van der Waals surface area contributed by atoms with Crippen molar-refractivity contribution < 1.29 is 0 Å². The van der Waals surface area contributed by atoms with E-state index in [1.807, 2.05) is 48.5 Å². The minimum atomic E-state index is 1.08. The molecule has 0 bridgehead atoms. The van der Waals surface area contributed by atoms with E-state index in [0.29, 0.717) is 0 Å². The summed E-state index contributed by atoms with van der Waals surface area (Å²) in [6.07, 6.45) is 0. The molecular formula is C26H22. The first-order valence-corrected chi connectivity index (χ1v) is 8.75. The van der Waals surface area contributed by atoms with Crippen molar-refractivity contribution >= 4 is 5.57 Å². The van der Waals surface area contributed by atoms with Crippen molar-refractivity contribution in [3.05, 3.63) is 139 Å². The van der Waals surface area contributed by atoms with Gasteiger partial charge in [0.05, 0.1) is 0 Å². The van der Waals surface area contributed by atoms with E-state index < -0.39 is 0 Å². The second kappa shape index (κ2) is 9.19. The normalized spacial score (nSPS) is 9.69. The molecule has 0 heterocycles. The minimum absolute atomic E-state index is 1.08. The molecule has 26 heavy (non-hydrogen) atoms. The highest BCUT2D eigenvalue weighted by Gasteiger charge is 1.99. The van der Waals surface area contributed by atoms with Gasteiger partial charge in [-0.05, 0) is 27.8 Å². The maximum Gasteiger partial charge on any atom is -0.0183 e. The summed E-state index contributed by atoms with van der Waals surface area (Å²) < 4.78 is 0. The van der Waals surface area contributed by atoms with Crippen molar-refractivity contribution in [3.63, 3.8) is 0 Å². The Morgan fingerprint density at radius 1 is 0.385 bits per heavy atom. The quantitative estimate of drug-likeness (QED) is 0.375. The van der Waals surface area contributed by atoms with Gasteiger partial charge in [-0.25, -0.2) is 0 Å². The Morgan fingerprint density at radius 2 is 0.654 bits per heavy atom. The van der Waals surface area contributed by atoms with Crippen LogP contribution in [0.15, 0.2) is 128 Å². The Bertz CT molecular complexity index is 830. The highest BCUT2D eigenvalue weighted by atomic mass is 14.0. The van der Waals surface area contributed by atoms with Gasteiger partial charge in [0.25, 0.3) is 0 Å². The summed E-state index contributed by atoms with van der Waals surface area (Å²) in [5, 5.41) is 0. The maximum atomic E-state index is 4.10. The minimum Gasteiger partial charge on any atom is -0.0906 e. The molecule has 0 saturated heterocycles. The van der Waals surface area contributed by atoms with Crippen LogP contribution in [0.25, 0.3) is 16.7 Å². The monoisotopic (exact) mass is 334 g/mol. The molecule has 0 heteroatoms.